The van der Waals surface area contributed by atoms with E-state index in [9.17, 15) is 4.79 Å². The van der Waals surface area contributed by atoms with Crippen molar-refractivity contribution in [3.63, 3.8) is 0 Å². The molecule has 0 radical (unpaired) electrons. The lowest BCUT2D eigenvalue weighted by molar-refractivity contribution is 0.378. The lowest BCUT2D eigenvalue weighted by Crippen LogP contribution is -2.41. The zero-order chi connectivity index (χ0) is 15.4. The Bertz CT molecular complexity index is 509. The van der Waals surface area contributed by atoms with Gasteiger partial charge in [0, 0.05) is 31.1 Å². The van der Waals surface area contributed by atoms with Crippen molar-refractivity contribution < 1.29 is 0 Å². The summed E-state index contributed by atoms with van der Waals surface area (Å²) in [6.07, 6.45) is 2.41. The molecule has 1 aliphatic heterocycles. The summed E-state index contributed by atoms with van der Waals surface area (Å²) in [4.78, 5) is 21.5. The largest absolute Gasteiger partial charge is 0.356 e. The van der Waals surface area contributed by atoms with Crippen LogP contribution in [-0.2, 0) is 0 Å². The highest BCUT2D eigenvalue weighted by atomic mass is 16.1. The number of rotatable bonds is 5. The van der Waals surface area contributed by atoms with Gasteiger partial charge >= 0.3 is 0 Å². The van der Waals surface area contributed by atoms with Crippen molar-refractivity contribution >= 4 is 5.82 Å². The van der Waals surface area contributed by atoms with E-state index in [-0.39, 0.29) is 11.5 Å². The van der Waals surface area contributed by atoms with Gasteiger partial charge in [-0.1, -0.05) is 27.7 Å². The van der Waals surface area contributed by atoms with Crippen LogP contribution in [0.15, 0.2) is 10.9 Å². The zero-order valence-corrected chi connectivity index (χ0v) is 13.6. The Labute approximate surface area is 127 Å². The first kappa shape index (κ1) is 16.0. The number of nitrogens with zero attached hydrogens (tertiary/aromatic N) is 2. The predicted octanol–water partition coefficient (Wildman–Crippen LogP) is 2.11. The van der Waals surface area contributed by atoms with Crippen LogP contribution in [-0.4, -0.2) is 35.6 Å². The number of H-pyrrole nitrogens is 1. The Morgan fingerprint density at radius 2 is 2.19 bits per heavy atom. The van der Waals surface area contributed by atoms with Crippen molar-refractivity contribution in [2.45, 2.75) is 52.5 Å². The minimum absolute atomic E-state index is 0.0499. The first-order valence-corrected chi connectivity index (χ1v) is 8.05. The molecule has 2 heterocycles. The molecule has 5 heteroatoms. The molecular formula is C16H28N4O. The number of aromatic amines is 1. The molecule has 0 amide bonds. The summed E-state index contributed by atoms with van der Waals surface area (Å²) in [5.74, 6) is 2.47. The van der Waals surface area contributed by atoms with Crippen molar-refractivity contribution in [2.24, 2.45) is 5.92 Å². The summed E-state index contributed by atoms with van der Waals surface area (Å²) >= 11 is 0. The van der Waals surface area contributed by atoms with Crippen LogP contribution in [0.3, 0.4) is 0 Å². The quantitative estimate of drug-likeness (QED) is 0.872. The Morgan fingerprint density at radius 1 is 1.43 bits per heavy atom. The first-order chi connectivity index (χ1) is 9.95. The molecule has 118 valence electrons. The number of anilines is 1. The SMILES string of the molecule is CC(C)NCC1CCCN(c2cc(=O)[nH]c(C(C)C)n2)C1. The Kier molecular flexibility index (Phi) is 5.39. The van der Waals surface area contributed by atoms with Crippen LogP contribution in [0.4, 0.5) is 5.82 Å². The minimum atomic E-state index is -0.0499. The maximum Gasteiger partial charge on any atom is 0.252 e. The summed E-state index contributed by atoms with van der Waals surface area (Å²) in [6, 6.07) is 2.15. The smallest absolute Gasteiger partial charge is 0.252 e. The number of piperidine rings is 1. The molecule has 0 saturated carbocycles. The van der Waals surface area contributed by atoms with Crippen LogP contribution in [0.2, 0.25) is 0 Å². The number of nitrogens with one attached hydrogen (secondary N) is 2. The van der Waals surface area contributed by atoms with E-state index in [2.05, 4.69) is 34.0 Å². The van der Waals surface area contributed by atoms with Crippen molar-refractivity contribution in [1.82, 2.24) is 15.3 Å². The first-order valence-electron chi connectivity index (χ1n) is 8.05. The third kappa shape index (κ3) is 4.56. The van der Waals surface area contributed by atoms with Crippen molar-refractivity contribution in [3.8, 4) is 0 Å². The Morgan fingerprint density at radius 3 is 2.86 bits per heavy atom. The molecule has 1 unspecified atom stereocenters. The van der Waals surface area contributed by atoms with Crippen LogP contribution in [0.25, 0.3) is 0 Å². The van der Waals surface area contributed by atoms with Crippen LogP contribution in [0.1, 0.15) is 52.3 Å². The second-order valence-corrected chi connectivity index (χ2v) is 6.66. The molecule has 0 spiro atoms. The molecule has 0 bridgehead atoms. The molecule has 1 aromatic heterocycles. The van der Waals surface area contributed by atoms with Gasteiger partial charge in [0.05, 0.1) is 0 Å². The Hall–Kier alpha value is -1.36. The highest BCUT2D eigenvalue weighted by molar-refractivity contribution is 5.38. The summed E-state index contributed by atoms with van der Waals surface area (Å²) in [5, 5.41) is 3.51. The third-order valence-corrected chi connectivity index (χ3v) is 3.95. The van der Waals surface area contributed by atoms with Gasteiger partial charge in [0.25, 0.3) is 5.56 Å². The number of hydrogen-bond acceptors (Lipinski definition) is 4. The molecular weight excluding hydrogens is 264 g/mol. The standard InChI is InChI=1S/C16H28N4O/c1-11(2)16-18-14(8-15(21)19-16)20-7-5-6-13(10-20)9-17-12(3)4/h8,11-13,17H,5-7,9-10H2,1-4H3,(H,18,19,21). The van der Waals surface area contributed by atoms with Gasteiger partial charge in [-0.15, -0.1) is 0 Å². The highest BCUT2D eigenvalue weighted by Gasteiger charge is 2.21. The fourth-order valence-electron chi connectivity index (χ4n) is 2.74. The number of aromatic nitrogens is 2. The van der Waals surface area contributed by atoms with E-state index in [0.29, 0.717) is 12.0 Å². The maximum absolute atomic E-state index is 11.8. The Balaban J connectivity index is 2.08. The molecule has 1 aromatic rings. The zero-order valence-electron chi connectivity index (χ0n) is 13.6. The van der Waals surface area contributed by atoms with Gasteiger partial charge in [-0.3, -0.25) is 4.79 Å². The number of hydrogen-bond donors (Lipinski definition) is 2. The van der Waals surface area contributed by atoms with Crippen LogP contribution in [0.5, 0.6) is 0 Å². The van der Waals surface area contributed by atoms with Crippen LogP contribution in [0, 0.1) is 5.92 Å². The monoisotopic (exact) mass is 292 g/mol. The molecule has 2 rings (SSSR count). The van der Waals surface area contributed by atoms with E-state index in [1.807, 2.05) is 13.8 Å². The van der Waals surface area contributed by atoms with Crippen molar-refractivity contribution in [3.05, 3.63) is 22.2 Å². The van der Waals surface area contributed by atoms with Crippen LogP contribution >= 0.6 is 0 Å². The molecule has 1 aliphatic rings. The van der Waals surface area contributed by atoms with Gasteiger partial charge in [0.2, 0.25) is 0 Å². The molecule has 1 saturated heterocycles. The summed E-state index contributed by atoms with van der Waals surface area (Å²) in [5.41, 5.74) is -0.0499. The van der Waals surface area contributed by atoms with Crippen molar-refractivity contribution in [1.29, 1.82) is 0 Å². The lowest BCUT2D eigenvalue weighted by atomic mass is 9.97. The minimum Gasteiger partial charge on any atom is -0.356 e. The predicted molar refractivity (Wildman–Crippen MR) is 87.0 cm³/mol. The summed E-state index contributed by atoms with van der Waals surface area (Å²) in [7, 11) is 0. The lowest BCUT2D eigenvalue weighted by Gasteiger charge is -2.34. The fourth-order valence-corrected chi connectivity index (χ4v) is 2.74. The van der Waals surface area contributed by atoms with Gasteiger partial charge in [0.1, 0.15) is 11.6 Å². The molecule has 0 aliphatic carbocycles. The van der Waals surface area contributed by atoms with E-state index < -0.39 is 0 Å². The molecule has 5 nitrogen and oxygen atoms in total. The highest BCUT2D eigenvalue weighted by Crippen LogP contribution is 2.21. The molecule has 0 aromatic carbocycles. The van der Waals surface area contributed by atoms with E-state index in [1.165, 1.54) is 6.42 Å². The third-order valence-electron chi connectivity index (χ3n) is 3.95. The van der Waals surface area contributed by atoms with Gasteiger partial charge < -0.3 is 15.2 Å². The van der Waals surface area contributed by atoms with Gasteiger partial charge in [-0.2, -0.15) is 0 Å². The van der Waals surface area contributed by atoms with Gasteiger partial charge in [-0.25, -0.2) is 4.98 Å². The topological polar surface area (TPSA) is 61.0 Å². The average molecular weight is 292 g/mol. The van der Waals surface area contributed by atoms with E-state index in [0.717, 1.165) is 37.7 Å². The second kappa shape index (κ2) is 7.07. The maximum atomic E-state index is 11.8. The molecule has 2 N–H and O–H groups in total. The average Bonchev–Trinajstić information content (AvgIpc) is 2.44. The van der Waals surface area contributed by atoms with Crippen molar-refractivity contribution in [2.75, 3.05) is 24.5 Å². The normalized spacial score (nSPS) is 19.5. The van der Waals surface area contributed by atoms with E-state index in [4.69, 9.17) is 0 Å². The van der Waals surface area contributed by atoms with Gasteiger partial charge in [0.15, 0.2) is 0 Å². The molecule has 1 fully saturated rings. The van der Waals surface area contributed by atoms with E-state index in [1.54, 1.807) is 6.07 Å². The summed E-state index contributed by atoms with van der Waals surface area (Å²) in [6.45, 7) is 11.5. The fraction of sp³-hybridized carbons (Fsp3) is 0.750. The van der Waals surface area contributed by atoms with E-state index >= 15 is 0 Å². The molecule has 1 atom stereocenters. The summed E-state index contributed by atoms with van der Waals surface area (Å²) < 4.78 is 0. The van der Waals surface area contributed by atoms with Crippen LogP contribution < -0.4 is 15.8 Å². The molecule has 21 heavy (non-hydrogen) atoms. The van der Waals surface area contributed by atoms with Gasteiger partial charge in [-0.05, 0) is 25.3 Å². The second-order valence-electron chi connectivity index (χ2n) is 6.66.